The lowest BCUT2D eigenvalue weighted by Crippen LogP contribution is -2.54. The number of ether oxygens (including phenoxy) is 1. The van der Waals surface area contributed by atoms with Gasteiger partial charge in [-0.15, -0.1) is 0 Å². The molecule has 2 amide bonds. The van der Waals surface area contributed by atoms with Crippen molar-refractivity contribution in [3.63, 3.8) is 0 Å². The summed E-state index contributed by atoms with van der Waals surface area (Å²) in [6.45, 7) is 5.60. The molecule has 0 aromatic heterocycles. The van der Waals surface area contributed by atoms with Crippen molar-refractivity contribution in [2.24, 2.45) is 11.7 Å². The molecule has 3 atom stereocenters. The number of nitrogens with one attached hydrogen (secondary N) is 2. The highest BCUT2D eigenvalue weighted by molar-refractivity contribution is 5.97. The molecule has 1 aromatic carbocycles. The van der Waals surface area contributed by atoms with Crippen molar-refractivity contribution in [3.05, 3.63) is 47.7 Å². The van der Waals surface area contributed by atoms with Crippen LogP contribution >= 0.6 is 0 Å². The summed E-state index contributed by atoms with van der Waals surface area (Å²) in [6.07, 6.45) is 2.55. The van der Waals surface area contributed by atoms with E-state index in [0.29, 0.717) is 24.8 Å². The van der Waals surface area contributed by atoms with Crippen LogP contribution in [0.3, 0.4) is 0 Å². The molecule has 7 nitrogen and oxygen atoms in total. The minimum absolute atomic E-state index is 0.149. The van der Waals surface area contributed by atoms with Gasteiger partial charge in [-0.05, 0) is 31.9 Å². The number of rotatable bonds is 6. The molecule has 26 heavy (non-hydrogen) atoms. The first-order valence-corrected chi connectivity index (χ1v) is 8.91. The normalized spacial score (nSPS) is 26.5. The number of benzene rings is 1. The zero-order chi connectivity index (χ0) is 18.7. The van der Waals surface area contributed by atoms with Crippen molar-refractivity contribution in [1.82, 2.24) is 15.8 Å². The van der Waals surface area contributed by atoms with E-state index in [1.807, 2.05) is 37.3 Å². The number of hydrazine groups is 1. The van der Waals surface area contributed by atoms with Gasteiger partial charge >= 0.3 is 0 Å². The molecule has 4 N–H and O–H groups in total. The highest BCUT2D eigenvalue weighted by atomic mass is 16.5. The molecule has 2 aliphatic rings. The standard InChI is InChI=1S/C19H26N4O3/c1-13(15-6-4-3-5-7-15)23-16(10-19(2,22-23)18(20)25)17(24)21-11-14-8-9-26-12-14/h3-7,10,13-14,22H,8-9,11-12H2,1-2H3,(H2,20,25)(H,21,24)/t13-,14?,19?/m0/s1. The Hall–Kier alpha value is -2.38. The predicted octanol–water partition coefficient (Wildman–Crippen LogP) is 0.848. The second kappa shape index (κ2) is 7.47. The Bertz CT molecular complexity index is 700. The van der Waals surface area contributed by atoms with Gasteiger partial charge in [0.25, 0.3) is 5.91 Å². The second-order valence-corrected chi connectivity index (χ2v) is 7.10. The first kappa shape index (κ1) is 18.4. The molecule has 140 valence electrons. The maximum Gasteiger partial charge on any atom is 0.268 e. The molecular formula is C19H26N4O3. The lowest BCUT2D eigenvalue weighted by Gasteiger charge is -2.32. The van der Waals surface area contributed by atoms with E-state index in [1.165, 1.54) is 0 Å². The van der Waals surface area contributed by atoms with Crippen LogP contribution in [0.15, 0.2) is 42.1 Å². The van der Waals surface area contributed by atoms with Gasteiger partial charge in [0.05, 0.1) is 12.6 Å². The van der Waals surface area contributed by atoms with Gasteiger partial charge in [-0.1, -0.05) is 30.3 Å². The van der Waals surface area contributed by atoms with Gasteiger partial charge in [0.1, 0.15) is 11.2 Å². The summed E-state index contributed by atoms with van der Waals surface area (Å²) in [5, 5.41) is 4.68. The number of hydrogen-bond donors (Lipinski definition) is 3. The summed E-state index contributed by atoms with van der Waals surface area (Å²) < 4.78 is 5.35. The fourth-order valence-electron chi connectivity index (χ4n) is 3.24. The van der Waals surface area contributed by atoms with Crippen LogP contribution in [0.5, 0.6) is 0 Å². The van der Waals surface area contributed by atoms with Crippen LogP contribution in [0.25, 0.3) is 0 Å². The summed E-state index contributed by atoms with van der Waals surface area (Å²) in [5.41, 5.74) is 8.98. The highest BCUT2D eigenvalue weighted by Crippen LogP contribution is 2.30. The first-order chi connectivity index (χ1) is 12.4. The zero-order valence-corrected chi connectivity index (χ0v) is 15.2. The average molecular weight is 358 g/mol. The van der Waals surface area contributed by atoms with Crippen LogP contribution in [-0.4, -0.2) is 42.1 Å². The number of amides is 2. The van der Waals surface area contributed by atoms with Crippen molar-refractivity contribution in [1.29, 1.82) is 0 Å². The Morgan fingerprint density at radius 3 is 2.77 bits per heavy atom. The van der Waals surface area contributed by atoms with Crippen LogP contribution in [0, 0.1) is 5.92 Å². The Labute approximate surface area is 153 Å². The fraction of sp³-hybridized carbons (Fsp3) is 0.474. The highest BCUT2D eigenvalue weighted by Gasteiger charge is 2.42. The molecule has 1 aromatic rings. The van der Waals surface area contributed by atoms with Crippen molar-refractivity contribution in [2.45, 2.75) is 31.8 Å². The van der Waals surface area contributed by atoms with Gasteiger partial charge in [-0.25, -0.2) is 5.43 Å². The molecule has 3 rings (SSSR count). The molecule has 2 unspecified atom stereocenters. The van der Waals surface area contributed by atoms with Gasteiger partial charge in [0.2, 0.25) is 5.91 Å². The van der Waals surface area contributed by atoms with Crippen LogP contribution in [0.1, 0.15) is 31.9 Å². The predicted molar refractivity (Wildman–Crippen MR) is 97.4 cm³/mol. The summed E-state index contributed by atoms with van der Waals surface area (Å²) >= 11 is 0. The third-order valence-corrected chi connectivity index (χ3v) is 5.03. The van der Waals surface area contributed by atoms with E-state index in [0.717, 1.165) is 18.6 Å². The van der Waals surface area contributed by atoms with E-state index >= 15 is 0 Å². The maximum absolute atomic E-state index is 12.8. The third-order valence-electron chi connectivity index (χ3n) is 5.03. The molecule has 0 spiro atoms. The first-order valence-electron chi connectivity index (χ1n) is 8.91. The number of nitrogens with zero attached hydrogens (tertiary/aromatic N) is 1. The maximum atomic E-state index is 12.8. The van der Waals surface area contributed by atoms with E-state index in [9.17, 15) is 9.59 Å². The number of carbonyl (C=O) groups excluding carboxylic acids is 2. The van der Waals surface area contributed by atoms with Crippen molar-refractivity contribution >= 4 is 11.8 Å². The summed E-state index contributed by atoms with van der Waals surface area (Å²) in [4.78, 5) is 24.7. The minimum Gasteiger partial charge on any atom is -0.381 e. The van der Waals surface area contributed by atoms with Gasteiger partial charge in [-0.2, -0.15) is 0 Å². The molecule has 0 aliphatic carbocycles. The molecule has 0 saturated carbocycles. The Balaban J connectivity index is 1.79. The lowest BCUT2D eigenvalue weighted by atomic mass is 10.0. The summed E-state index contributed by atoms with van der Waals surface area (Å²) in [7, 11) is 0. The van der Waals surface area contributed by atoms with Crippen LogP contribution in [0.4, 0.5) is 0 Å². The molecule has 0 radical (unpaired) electrons. The minimum atomic E-state index is -1.10. The molecule has 0 bridgehead atoms. The monoisotopic (exact) mass is 358 g/mol. The zero-order valence-electron chi connectivity index (χ0n) is 15.2. The number of carbonyl (C=O) groups is 2. The largest absolute Gasteiger partial charge is 0.381 e. The van der Waals surface area contributed by atoms with Gasteiger partial charge in [0, 0.05) is 19.1 Å². The molecule has 1 saturated heterocycles. The van der Waals surface area contributed by atoms with Crippen LogP contribution in [-0.2, 0) is 14.3 Å². The Morgan fingerprint density at radius 1 is 1.42 bits per heavy atom. The Morgan fingerprint density at radius 2 is 2.15 bits per heavy atom. The van der Waals surface area contributed by atoms with E-state index in [2.05, 4.69) is 10.7 Å². The van der Waals surface area contributed by atoms with E-state index < -0.39 is 11.4 Å². The number of hydrogen-bond acceptors (Lipinski definition) is 5. The van der Waals surface area contributed by atoms with Crippen molar-refractivity contribution < 1.29 is 14.3 Å². The third kappa shape index (κ3) is 3.73. The van der Waals surface area contributed by atoms with E-state index in [4.69, 9.17) is 10.5 Å². The number of primary amides is 1. The average Bonchev–Trinajstić information content (AvgIpc) is 3.28. The SMILES string of the molecule is C[C@@H](c1ccccc1)N1NC(C)(C(N)=O)C=C1C(=O)NCC1CCOC1. The molecule has 7 heteroatoms. The second-order valence-electron chi connectivity index (χ2n) is 7.10. The Kier molecular flexibility index (Phi) is 5.29. The topological polar surface area (TPSA) is 96.7 Å². The number of nitrogens with two attached hydrogens (primary N) is 1. The molecule has 2 aliphatic heterocycles. The van der Waals surface area contributed by atoms with Gasteiger partial charge in [-0.3, -0.25) is 14.6 Å². The smallest absolute Gasteiger partial charge is 0.268 e. The van der Waals surface area contributed by atoms with Gasteiger partial charge < -0.3 is 15.8 Å². The quantitative estimate of drug-likeness (QED) is 0.700. The molecular weight excluding hydrogens is 332 g/mol. The summed E-state index contributed by atoms with van der Waals surface area (Å²) in [5.74, 6) is -0.427. The van der Waals surface area contributed by atoms with Crippen molar-refractivity contribution in [2.75, 3.05) is 19.8 Å². The van der Waals surface area contributed by atoms with Crippen LogP contribution in [0.2, 0.25) is 0 Å². The van der Waals surface area contributed by atoms with E-state index in [-0.39, 0.29) is 11.9 Å². The molecule has 1 fully saturated rings. The van der Waals surface area contributed by atoms with E-state index in [1.54, 1.807) is 18.0 Å². The van der Waals surface area contributed by atoms with Crippen molar-refractivity contribution in [3.8, 4) is 0 Å². The molecule has 2 heterocycles. The van der Waals surface area contributed by atoms with Crippen LogP contribution < -0.4 is 16.5 Å². The summed E-state index contributed by atoms with van der Waals surface area (Å²) in [6, 6.07) is 9.64. The fourth-order valence-corrected chi connectivity index (χ4v) is 3.24. The lowest BCUT2D eigenvalue weighted by molar-refractivity contribution is -0.124. The van der Waals surface area contributed by atoms with Gasteiger partial charge in [0.15, 0.2) is 0 Å².